The van der Waals surface area contributed by atoms with Crippen LogP contribution in [0.4, 0.5) is 4.39 Å². The first kappa shape index (κ1) is 20.8. The first-order valence-electron chi connectivity index (χ1n) is 11.3. The van der Waals surface area contributed by atoms with E-state index in [0.29, 0.717) is 35.5 Å². The molecule has 1 aliphatic heterocycles. The molecular weight excluding hydrogens is 407 g/mol. The average Bonchev–Trinajstić information content (AvgIpc) is 3.64. The third-order valence-corrected chi connectivity index (χ3v) is 6.68. The molecule has 3 aromatic rings. The molecule has 0 spiro atoms. The van der Waals surface area contributed by atoms with Crippen LogP contribution in [-0.2, 0) is 4.79 Å². The molecule has 32 heavy (non-hydrogen) atoms. The van der Waals surface area contributed by atoms with E-state index in [2.05, 4.69) is 11.8 Å². The highest BCUT2D eigenvalue weighted by atomic mass is 19.1. The molecule has 5 rings (SSSR count). The number of rotatable bonds is 4. The van der Waals surface area contributed by atoms with Gasteiger partial charge in [-0.3, -0.25) is 19.1 Å². The van der Waals surface area contributed by atoms with E-state index in [0.717, 1.165) is 19.4 Å². The Morgan fingerprint density at radius 1 is 1.09 bits per heavy atom. The van der Waals surface area contributed by atoms with Gasteiger partial charge in [-0.25, -0.2) is 9.37 Å². The highest BCUT2D eigenvalue weighted by molar-refractivity contribution is 5.81. The number of piperazine rings is 1. The van der Waals surface area contributed by atoms with Crippen molar-refractivity contribution in [3.8, 4) is 5.69 Å². The minimum absolute atomic E-state index is 0.103. The molecule has 0 N–H and O–H groups in total. The van der Waals surface area contributed by atoms with E-state index < -0.39 is 0 Å². The molecule has 2 atom stereocenters. The lowest BCUT2D eigenvalue weighted by Crippen LogP contribution is -2.55. The Labute approximate surface area is 186 Å². The highest BCUT2D eigenvalue weighted by Crippen LogP contribution is 2.33. The second kappa shape index (κ2) is 8.13. The third kappa shape index (κ3) is 3.71. The van der Waals surface area contributed by atoms with Crippen molar-refractivity contribution in [1.29, 1.82) is 0 Å². The van der Waals surface area contributed by atoms with Gasteiger partial charge in [0.05, 0.1) is 22.6 Å². The normalized spacial score (nSPS) is 20.5. The maximum absolute atomic E-state index is 13.6. The monoisotopic (exact) mass is 434 g/mol. The number of carbonyl (C=O) groups is 1. The number of halogens is 1. The van der Waals surface area contributed by atoms with Crippen LogP contribution in [0.25, 0.3) is 16.6 Å². The Balaban J connectivity index is 1.52. The van der Waals surface area contributed by atoms with Crippen molar-refractivity contribution >= 4 is 16.8 Å². The summed E-state index contributed by atoms with van der Waals surface area (Å²) in [6, 6.07) is 13.2. The van der Waals surface area contributed by atoms with Crippen LogP contribution in [0.1, 0.15) is 38.6 Å². The number of hydrogen-bond donors (Lipinski definition) is 0. The molecule has 2 fully saturated rings. The molecule has 2 aromatic carbocycles. The van der Waals surface area contributed by atoms with Gasteiger partial charge in [0.1, 0.15) is 11.6 Å². The van der Waals surface area contributed by atoms with Crippen molar-refractivity contribution in [2.24, 2.45) is 5.92 Å². The van der Waals surface area contributed by atoms with Gasteiger partial charge in [-0.05, 0) is 63.1 Å². The fraction of sp³-hybridized carbons (Fsp3) is 0.400. The summed E-state index contributed by atoms with van der Waals surface area (Å²) >= 11 is 0. The van der Waals surface area contributed by atoms with Crippen molar-refractivity contribution < 1.29 is 9.18 Å². The summed E-state index contributed by atoms with van der Waals surface area (Å²) in [5.74, 6) is 0.758. The standard InChI is InChI=1S/C25H27FN4O2/c1-16-15-28(13-14-29(16)24(31)18-7-8-18)17(2)23-27-22-6-4-3-5-21(22)25(32)30(23)20-11-9-19(26)10-12-20/h3-6,9-12,16-18H,7-8,13-15H2,1-2H3. The molecule has 1 amide bonds. The minimum Gasteiger partial charge on any atom is -0.337 e. The molecule has 0 radical (unpaired) electrons. The number of fused-ring (bicyclic) bond motifs is 1. The lowest BCUT2D eigenvalue weighted by atomic mass is 10.1. The van der Waals surface area contributed by atoms with Crippen molar-refractivity contribution in [3.63, 3.8) is 0 Å². The smallest absolute Gasteiger partial charge is 0.266 e. The zero-order chi connectivity index (χ0) is 22.4. The fourth-order valence-corrected chi connectivity index (χ4v) is 4.66. The molecule has 6 nitrogen and oxygen atoms in total. The number of aromatic nitrogens is 2. The van der Waals surface area contributed by atoms with Crippen LogP contribution in [0.15, 0.2) is 53.3 Å². The molecular formula is C25H27FN4O2. The summed E-state index contributed by atoms with van der Waals surface area (Å²) in [6.07, 6.45) is 2.01. The maximum atomic E-state index is 13.6. The van der Waals surface area contributed by atoms with Crippen LogP contribution < -0.4 is 5.56 Å². The van der Waals surface area contributed by atoms with Crippen LogP contribution in [0.3, 0.4) is 0 Å². The molecule has 7 heteroatoms. The average molecular weight is 435 g/mol. The molecule has 1 aromatic heterocycles. The van der Waals surface area contributed by atoms with Gasteiger partial charge in [-0.1, -0.05) is 12.1 Å². The van der Waals surface area contributed by atoms with Gasteiger partial charge in [0.2, 0.25) is 5.91 Å². The number of carbonyl (C=O) groups excluding carboxylic acids is 1. The van der Waals surface area contributed by atoms with Gasteiger partial charge in [0.15, 0.2) is 0 Å². The second-order valence-electron chi connectivity index (χ2n) is 8.93. The quantitative estimate of drug-likeness (QED) is 0.630. The van der Waals surface area contributed by atoms with Crippen molar-refractivity contribution in [3.05, 3.63) is 70.5 Å². The van der Waals surface area contributed by atoms with E-state index in [9.17, 15) is 14.0 Å². The Morgan fingerprint density at radius 2 is 1.81 bits per heavy atom. The van der Waals surface area contributed by atoms with Crippen LogP contribution in [0, 0.1) is 11.7 Å². The Hall–Kier alpha value is -3.06. The van der Waals surface area contributed by atoms with E-state index in [4.69, 9.17) is 4.98 Å². The first-order chi connectivity index (χ1) is 15.4. The van der Waals surface area contributed by atoms with Gasteiger partial charge in [-0.15, -0.1) is 0 Å². The molecule has 2 heterocycles. The van der Waals surface area contributed by atoms with Crippen LogP contribution >= 0.6 is 0 Å². The predicted molar refractivity (Wildman–Crippen MR) is 121 cm³/mol. The van der Waals surface area contributed by atoms with E-state index in [1.54, 1.807) is 22.8 Å². The molecule has 2 unspecified atom stereocenters. The molecule has 2 aliphatic rings. The molecule has 166 valence electrons. The van der Waals surface area contributed by atoms with Gasteiger partial charge < -0.3 is 4.90 Å². The van der Waals surface area contributed by atoms with Crippen LogP contribution in [0.2, 0.25) is 0 Å². The molecule has 0 bridgehead atoms. The van der Waals surface area contributed by atoms with Crippen LogP contribution in [-0.4, -0.2) is 50.9 Å². The van der Waals surface area contributed by atoms with Gasteiger partial charge in [-0.2, -0.15) is 0 Å². The SMILES string of the molecule is CC(c1nc2ccccc2c(=O)n1-c1ccc(F)cc1)N1CCN(C(=O)C2CC2)C(C)C1. The number of amides is 1. The summed E-state index contributed by atoms with van der Waals surface area (Å²) in [5.41, 5.74) is 1.07. The molecule has 1 saturated heterocycles. The van der Waals surface area contributed by atoms with Gasteiger partial charge in [0.25, 0.3) is 5.56 Å². The number of nitrogens with zero attached hydrogens (tertiary/aromatic N) is 4. The maximum Gasteiger partial charge on any atom is 0.266 e. The van der Waals surface area contributed by atoms with E-state index in [1.165, 1.54) is 12.1 Å². The largest absolute Gasteiger partial charge is 0.337 e. The van der Waals surface area contributed by atoms with Crippen LogP contribution in [0.5, 0.6) is 0 Å². The van der Waals surface area contributed by atoms with Crippen molar-refractivity contribution in [2.45, 2.75) is 38.8 Å². The second-order valence-corrected chi connectivity index (χ2v) is 8.93. The third-order valence-electron chi connectivity index (χ3n) is 6.68. The summed E-state index contributed by atoms with van der Waals surface area (Å²) < 4.78 is 15.2. The Kier molecular flexibility index (Phi) is 5.29. The summed E-state index contributed by atoms with van der Waals surface area (Å²) in [5, 5.41) is 0.529. The van der Waals surface area contributed by atoms with Gasteiger partial charge >= 0.3 is 0 Å². The van der Waals surface area contributed by atoms with E-state index in [1.807, 2.05) is 30.0 Å². The molecule has 1 saturated carbocycles. The number of para-hydroxylation sites is 1. The molecule has 1 aliphatic carbocycles. The predicted octanol–water partition coefficient (Wildman–Crippen LogP) is 3.53. The lowest BCUT2D eigenvalue weighted by Gasteiger charge is -2.42. The zero-order valence-corrected chi connectivity index (χ0v) is 18.4. The highest BCUT2D eigenvalue weighted by Gasteiger charge is 2.38. The fourth-order valence-electron chi connectivity index (χ4n) is 4.66. The Bertz CT molecular complexity index is 1220. The number of benzene rings is 2. The van der Waals surface area contributed by atoms with E-state index >= 15 is 0 Å². The first-order valence-corrected chi connectivity index (χ1v) is 11.3. The van der Waals surface area contributed by atoms with Gasteiger partial charge in [0, 0.05) is 31.6 Å². The topological polar surface area (TPSA) is 58.4 Å². The summed E-state index contributed by atoms with van der Waals surface area (Å²) in [7, 11) is 0. The van der Waals surface area contributed by atoms with E-state index in [-0.39, 0.29) is 35.3 Å². The zero-order valence-electron chi connectivity index (χ0n) is 18.4. The Morgan fingerprint density at radius 3 is 2.50 bits per heavy atom. The van der Waals surface area contributed by atoms with Crippen molar-refractivity contribution in [1.82, 2.24) is 19.4 Å². The number of hydrogen-bond acceptors (Lipinski definition) is 4. The summed E-state index contributed by atoms with van der Waals surface area (Å²) in [6.45, 7) is 6.23. The summed E-state index contributed by atoms with van der Waals surface area (Å²) in [4.78, 5) is 35.2. The van der Waals surface area contributed by atoms with Crippen molar-refractivity contribution in [2.75, 3.05) is 19.6 Å². The lowest BCUT2D eigenvalue weighted by molar-refractivity contribution is -0.137. The minimum atomic E-state index is -0.351.